The molecule has 1 aromatic heterocycles. The second kappa shape index (κ2) is 10.3. The van der Waals surface area contributed by atoms with Crippen molar-refractivity contribution in [1.82, 2.24) is 0 Å². The molecule has 0 spiro atoms. The minimum atomic E-state index is 0.127. The van der Waals surface area contributed by atoms with Crippen LogP contribution in [0.4, 0.5) is 0 Å². The molecule has 3 rings (SSSR count). The van der Waals surface area contributed by atoms with Gasteiger partial charge in [-0.3, -0.25) is 4.79 Å². The standard InChI is InChI=1S/C21H22Cl3IOS/c22-15-10-13(11-16(23)12-15)4-5-14-6-8-19(24)18(14)3-1-2-17-7-9-20(27-17)21(25)26/h7,9-12,14,18-19H,1-6,8H2/t14-,18+,19+/m0/s1. The summed E-state index contributed by atoms with van der Waals surface area (Å²) in [5, 5.41) is 1.69. The fraction of sp³-hybridized carbons (Fsp3) is 0.476. The Kier molecular flexibility index (Phi) is 8.34. The Labute approximate surface area is 193 Å². The van der Waals surface area contributed by atoms with E-state index in [2.05, 4.69) is 6.07 Å². The predicted octanol–water partition coefficient (Wildman–Crippen LogP) is 8.22. The first kappa shape index (κ1) is 21.9. The van der Waals surface area contributed by atoms with Crippen LogP contribution in [0.3, 0.4) is 0 Å². The van der Waals surface area contributed by atoms with E-state index < -0.39 is 0 Å². The van der Waals surface area contributed by atoms with Gasteiger partial charge in [0.25, 0.3) is 0 Å². The number of alkyl halides is 1. The van der Waals surface area contributed by atoms with Gasteiger partial charge in [0.15, 0.2) is 0 Å². The lowest BCUT2D eigenvalue weighted by Gasteiger charge is -2.22. The molecule has 2 aromatic rings. The van der Waals surface area contributed by atoms with Gasteiger partial charge in [0.05, 0.1) is 4.88 Å². The first-order valence-electron chi connectivity index (χ1n) is 9.30. The number of carbonyl (C=O) groups is 1. The third-order valence-corrected chi connectivity index (χ3v) is 8.49. The maximum atomic E-state index is 11.4. The van der Waals surface area contributed by atoms with Crippen LogP contribution < -0.4 is 0 Å². The zero-order chi connectivity index (χ0) is 19.4. The van der Waals surface area contributed by atoms with E-state index in [9.17, 15) is 4.79 Å². The third kappa shape index (κ3) is 6.33. The molecule has 1 aliphatic rings. The zero-order valence-corrected chi connectivity index (χ0v) is 20.1. The van der Waals surface area contributed by atoms with E-state index in [1.807, 2.05) is 40.8 Å². The van der Waals surface area contributed by atoms with Crippen LogP contribution in [0.25, 0.3) is 0 Å². The molecule has 146 valence electrons. The average Bonchev–Trinajstić information content (AvgIpc) is 3.20. The number of benzene rings is 1. The van der Waals surface area contributed by atoms with Crippen molar-refractivity contribution in [3.63, 3.8) is 0 Å². The summed E-state index contributed by atoms with van der Waals surface area (Å²) in [6.07, 6.45) is 7.77. The SMILES string of the molecule is O=C(I)c1ccc(CCC[C@@H]2[C@@H](CCc3cc(Cl)cc(Cl)c3)CC[C@H]2Cl)s1. The zero-order valence-electron chi connectivity index (χ0n) is 14.9. The van der Waals surface area contributed by atoms with Crippen LogP contribution in [0.5, 0.6) is 0 Å². The van der Waals surface area contributed by atoms with E-state index in [-0.39, 0.29) is 9.17 Å². The average molecular weight is 556 g/mol. The van der Waals surface area contributed by atoms with Crippen molar-refractivity contribution in [2.75, 3.05) is 0 Å². The third-order valence-electron chi connectivity index (χ3n) is 5.43. The first-order chi connectivity index (χ1) is 12.9. The number of thiophene rings is 1. The Morgan fingerprint density at radius 2 is 1.81 bits per heavy atom. The molecule has 0 radical (unpaired) electrons. The number of halogens is 4. The molecule has 1 nitrogen and oxygen atoms in total. The van der Waals surface area contributed by atoms with Gasteiger partial charge in [0, 0.05) is 42.9 Å². The topological polar surface area (TPSA) is 17.1 Å². The molecule has 3 atom stereocenters. The summed E-state index contributed by atoms with van der Waals surface area (Å²) in [5.41, 5.74) is 1.21. The molecular formula is C21H22Cl3IOS. The number of carbonyl (C=O) groups excluding carboxylic acids is 1. The molecular weight excluding hydrogens is 534 g/mol. The van der Waals surface area contributed by atoms with Gasteiger partial charge in [0.1, 0.15) is 0 Å². The van der Waals surface area contributed by atoms with Crippen molar-refractivity contribution in [2.24, 2.45) is 11.8 Å². The second-order valence-corrected chi connectivity index (χ2v) is 10.8. The van der Waals surface area contributed by atoms with Gasteiger partial charge in [-0.25, -0.2) is 0 Å². The summed E-state index contributed by atoms with van der Waals surface area (Å²) in [6, 6.07) is 9.83. The number of hydrogen-bond acceptors (Lipinski definition) is 2. The minimum absolute atomic E-state index is 0.127. The minimum Gasteiger partial charge on any atom is -0.281 e. The molecule has 1 heterocycles. The van der Waals surface area contributed by atoms with Crippen molar-refractivity contribution in [1.29, 1.82) is 0 Å². The molecule has 27 heavy (non-hydrogen) atoms. The van der Waals surface area contributed by atoms with E-state index in [1.165, 1.54) is 16.9 Å². The Hall–Kier alpha value is 0.190. The van der Waals surface area contributed by atoms with E-state index in [1.54, 1.807) is 17.4 Å². The normalized spacial score (nSPS) is 22.3. The van der Waals surface area contributed by atoms with Crippen LogP contribution in [-0.4, -0.2) is 9.17 Å². The molecule has 6 heteroatoms. The lowest BCUT2D eigenvalue weighted by atomic mass is 9.86. The van der Waals surface area contributed by atoms with Gasteiger partial charge in [-0.05, 0) is 92.7 Å². The monoisotopic (exact) mass is 554 g/mol. The first-order valence-corrected chi connectivity index (χ1v) is 12.4. The molecule has 0 N–H and O–H groups in total. The fourth-order valence-corrected chi connectivity index (χ4v) is 6.53. The maximum absolute atomic E-state index is 11.4. The highest BCUT2D eigenvalue weighted by Gasteiger charge is 2.33. The Bertz CT molecular complexity index is 771. The van der Waals surface area contributed by atoms with E-state index in [4.69, 9.17) is 34.8 Å². The van der Waals surface area contributed by atoms with Crippen LogP contribution in [0.1, 0.15) is 52.2 Å². The van der Waals surface area contributed by atoms with Crippen molar-refractivity contribution < 1.29 is 4.79 Å². The van der Waals surface area contributed by atoms with E-state index in [0.717, 1.165) is 43.4 Å². The van der Waals surface area contributed by atoms with Crippen LogP contribution in [0.2, 0.25) is 10.0 Å². The lowest BCUT2D eigenvalue weighted by molar-refractivity contribution is 0.110. The summed E-state index contributed by atoms with van der Waals surface area (Å²) in [6.45, 7) is 0. The summed E-state index contributed by atoms with van der Waals surface area (Å²) in [4.78, 5) is 13.6. The largest absolute Gasteiger partial charge is 0.281 e. The highest BCUT2D eigenvalue weighted by molar-refractivity contribution is 14.1. The van der Waals surface area contributed by atoms with Gasteiger partial charge in [0.2, 0.25) is 3.79 Å². The number of hydrogen-bond donors (Lipinski definition) is 0. The lowest BCUT2D eigenvalue weighted by Crippen LogP contribution is -2.16. The van der Waals surface area contributed by atoms with Crippen LogP contribution in [0.15, 0.2) is 30.3 Å². The fourth-order valence-electron chi connectivity index (χ4n) is 4.11. The molecule has 0 amide bonds. The Morgan fingerprint density at radius 1 is 1.07 bits per heavy atom. The molecule has 1 saturated carbocycles. The molecule has 1 fully saturated rings. The Morgan fingerprint density at radius 3 is 2.48 bits per heavy atom. The Balaban J connectivity index is 1.51. The van der Waals surface area contributed by atoms with E-state index >= 15 is 0 Å². The van der Waals surface area contributed by atoms with Gasteiger partial charge in [-0.15, -0.1) is 22.9 Å². The van der Waals surface area contributed by atoms with Crippen LogP contribution >= 0.6 is 68.7 Å². The van der Waals surface area contributed by atoms with Crippen molar-refractivity contribution >= 4 is 72.5 Å². The molecule has 0 aliphatic heterocycles. The van der Waals surface area contributed by atoms with Crippen molar-refractivity contribution in [3.05, 3.63) is 55.7 Å². The summed E-state index contributed by atoms with van der Waals surface area (Å²) in [5.74, 6) is 1.24. The van der Waals surface area contributed by atoms with Gasteiger partial charge in [-0.1, -0.05) is 23.2 Å². The molecule has 0 saturated heterocycles. The highest BCUT2D eigenvalue weighted by Crippen LogP contribution is 2.41. The molecule has 0 bridgehead atoms. The summed E-state index contributed by atoms with van der Waals surface area (Å²) < 4.78 is 0.127. The highest BCUT2D eigenvalue weighted by atomic mass is 127. The smallest absolute Gasteiger partial charge is 0.232 e. The second-order valence-electron chi connectivity index (χ2n) is 7.27. The molecule has 1 aliphatic carbocycles. The quantitative estimate of drug-likeness (QED) is 0.182. The number of aryl methyl sites for hydroxylation is 2. The molecule has 0 unspecified atom stereocenters. The van der Waals surface area contributed by atoms with Gasteiger partial charge >= 0.3 is 0 Å². The predicted molar refractivity (Wildman–Crippen MR) is 126 cm³/mol. The van der Waals surface area contributed by atoms with Gasteiger partial charge in [-0.2, -0.15) is 0 Å². The number of rotatable bonds is 8. The van der Waals surface area contributed by atoms with Crippen molar-refractivity contribution in [2.45, 2.75) is 50.3 Å². The van der Waals surface area contributed by atoms with Gasteiger partial charge < -0.3 is 0 Å². The van der Waals surface area contributed by atoms with E-state index in [0.29, 0.717) is 21.9 Å². The maximum Gasteiger partial charge on any atom is 0.232 e. The summed E-state index contributed by atoms with van der Waals surface area (Å²) in [7, 11) is 0. The molecule has 1 aromatic carbocycles. The van der Waals surface area contributed by atoms with Crippen LogP contribution in [0, 0.1) is 11.8 Å². The van der Waals surface area contributed by atoms with Crippen molar-refractivity contribution in [3.8, 4) is 0 Å². The summed E-state index contributed by atoms with van der Waals surface area (Å²) >= 11 is 22.4. The van der Waals surface area contributed by atoms with Crippen LogP contribution in [-0.2, 0) is 12.8 Å².